The van der Waals surface area contributed by atoms with E-state index >= 15 is 0 Å². The highest BCUT2D eigenvalue weighted by atomic mass is 16.6. The van der Waals surface area contributed by atoms with E-state index in [0.717, 1.165) is 0 Å². The van der Waals surface area contributed by atoms with Crippen LogP contribution in [0.15, 0.2) is 0 Å². The van der Waals surface area contributed by atoms with Gasteiger partial charge in [0.1, 0.15) is 5.60 Å². The van der Waals surface area contributed by atoms with Crippen LogP contribution in [0.4, 0.5) is 4.79 Å². The molecule has 1 saturated heterocycles. The zero-order valence-corrected chi connectivity index (χ0v) is 11.3. The molecule has 1 aliphatic rings. The predicted molar refractivity (Wildman–Crippen MR) is 64.3 cm³/mol. The number of carbonyl (C=O) groups excluding carboxylic acids is 1. The zero-order chi connectivity index (χ0) is 14.0. The van der Waals surface area contributed by atoms with Crippen LogP contribution in [0.25, 0.3) is 0 Å². The molecule has 1 fully saturated rings. The third-order valence-electron chi connectivity index (χ3n) is 3.00. The molecule has 0 radical (unpaired) electrons. The normalized spacial score (nSPS) is 25.6. The summed E-state index contributed by atoms with van der Waals surface area (Å²) in [6.45, 7) is 7.46. The molecule has 1 aliphatic heterocycles. The lowest BCUT2D eigenvalue weighted by Crippen LogP contribution is -2.56. The minimum absolute atomic E-state index is 0.194. The molecule has 1 heterocycles. The van der Waals surface area contributed by atoms with Crippen LogP contribution in [-0.4, -0.2) is 41.5 Å². The van der Waals surface area contributed by atoms with Gasteiger partial charge in [0.05, 0.1) is 18.1 Å². The molecule has 1 rings (SSSR count). The second-order valence-corrected chi connectivity index (χ2v) is 5.65. The summed E-state index contributed by atoms with van der Waals surface area (Å²) < 4.78 is 10.4. The topological polar surface area (TPSA) is 84.9 Å². The fourth-order valence-corrected chi connectivity index (χ4v) is 1.87. The number of hydrogen-bond donors (Lipinski definition) is 2. The van der Waals surface area contributed by atoms with Gasteiger partial charge in [0.25, 0.3) is 0 Å². The molecule has 0 aromatic rings. The molecule has 0 saturated carbocycles. The Morgan fingerprint density at radius 1 is 1.44 bits per heavy atom. The van der Waals surface area contributed by atoms with Crippen molar-refractivity contribution >= 4 is 12.1 Å². The Morgan fingerprint density at radius 3 is 2.44 bits per heavy atom. The highest BCUT2D eigenvalue weighted by molar-refractivity contribution is 5.75. The van der Waals surface area contributed by atoms with Gasteiger partial charge >= 0.3 is 12.1 Å². The van der Waals surface area contributed by atoms with Crippen molar-refractivity contribution in [2.45, 2.75) is 45.3 Å². The van der Waals surface area contributed by atoms with Crippen LogP contribution < -0.4 is 5.32 Å². The van der Waals surface area contributed by atoms with Crippen LogP contribution in [0, 0.1) is 5.92 Å². The third kappa shape index (κ3) is 3.60. The molecule has 18 heavy (non-hydrogen) atoms. The Kier molecular flexibility index (Phi) is 4.21. The Morgan fingerprint density at radius 2 is 2.06 bits per heavy atom. The van der Waals surface area contributed by atoms with E-state index < -0.39 is 29.1 Å². The number of amides is 1. The van der Waals surface area contributed by atoms with Crippen molar-refractivity contribution in [3.05, 3.63) is 0 Å². The maximum absolute atomic E-state index is 11.8. The van der Waals surface area contributed by atoms with Crippen LogP contribution in [0.5, 0.6) is 0 Å². The molecule has 0 aromatic carbocycles. The van der Waals surface area contributed by atoms with Gasteiger partial charge in [-0.25, -0.2) is 4.79 Å². The van der Waals surface area contributed by atoms with Crippen LogP contribution >= 0.6 is 0 Å². The van der Waals surface area contributed by atoms with E-state index in [1.54, 1.807) is 27.7 Å². The molecule has 0 spiro atoms. The molecule has 6 nitrogen and oxygen atoms in total. The number of carboxylic acid groups (broad SMARTS) is 1. The summed E-state index contributed by atoms with van der Waals surface area (Å²) in [6.07, 6.45) is -0.138. The maximum Gasteiger partial charge on any atom is 0.408 e. The lowest BCUT2D eigenvalue weighted by atomic mass is 9.84. The molecule has 2 unspecified atom stereocenters. The first-order chi connectivity index (χ1) is 8.16. The van der Waals surface area contributed by atoms with Crippen LogP contribution in [0.2, 0.25) is 0 Å². The average Bonchev–Trinajstić information content (AvgIpc) is 2.62. The molecule has 2 atom stereocenters. The summed E-state index contributed by atoms with van der Waals surface area (Å²) in [5, 5.41) is 11.8. The van der Waals surface area contributed by atoms with Crippen molar-refractivity contribution in [3.8, 4) is 0 Å². The van der Waals surface area contributed by atoms with Gasteiger partial charge in [0.2, 0.25) is 0 Å². The van der Waals surface area contributed by atoms with Gasteiger partial charge < -0.3 is 19.9 Å². The number of hydrogen-bond acceptors (Lipinski definition) is 4. The first kappa shape index (κ1) is 14.8. The monoisotopic (exact) mass is 259 g/mol. The number of nitrogens with one attached hydrogen (secondary N) is 1. The first-order valence-electron chi connectivity index (χ1n) is 5.98. The Balaban J connectivity index is 2.75. The second-order valence-electron chi connectivity index (χ2n) is 5.65. The molecule has 0 bridgehead atoms. The summed E-state index contributed by atoms with van der Waals surface area (Å²) in [7, 11) is 0. The van der Waals surface area contributed by atoms with Crippen LogP contribution in [0.1, 0.15) is 34.1 Å². The molecular formula is C12H21NO5. The summed E-state index contributed by atoms with van der Waals surface area (Å²) >= 11 is 0. The average molecular weight is 259 g/mol. The van der Waals surface area contributed by atoms with E-state index in [-0.39, 0.29) is 6.61 Å². The van der Waals surface area contributed by atoms with Gasteiger partial charge in [-0.05, 0) is 34.1 Å². The van der Waals surface area contributed by atoms with E-state index in [2.05, 4.69) is 5.32 Å². The SMILES string of the molecule is CC(C(=O)O)C1(NC(=O)OC(C)(C)C)CCOC1. The first-order valence-corrected chi connectivity index (χ1v) is 5.98. The highest BCUT2D eigenvalue weighted by Gasteiger charge is 2.45. The van der Waals surface area contributed by atoms with Gasteiger partial charge in [0, 0.05) is 6.61 Å². The number of rotatable bonds is 3. The van der Waals surface area contributed by atoms with Gasteiger partial charge in [-0.3, -0.25) is 4.79 Å². The van der Waals surface area contributed by atoms with Crippen molar-refractivity contribution in [3.63, 3.8) is 0 Å². The molecular weight excluding hydrogens is 238 g/mol. The zero-order valence-electron chi connectivity index (χ0n) is 11.3. The van der Waals surface area contributed by atoms with Gasteiger partial charge in [-0.2, -0.15) is 0 Å². The quantitative estimate of drug-likeness (QED) is 0.800. The Labute approximate surface area is 107 Å². The highest BCUT2D eigenvalue weighted by Crippen LogP contribution is 2.28. The van der Waals surface area contributed by atoms with E-state index in [4.69, 9.17) is 14.6 Å². The van der Waals surface area contributed by atoms with Crippen molar-refractivity contribution in [1.29, 1.82) is 0 Å². The van der Waals surface area contributed by atoms with Gasteiger partial charge in [0.15, 0.2) is 0 Å². The van der Waals surface area contributed by atoms with E-state index in [1.807, 2.05) is 0 Å². The van der Waals surface area contributed by atoms with Gasteiger partial charge in [-0.1, -0.05) is 0 Å². The fourth-order valence-electron chi connectivity index (χ4n) is 1.87. The Hall–Kier alpha value is -1.30. The second kappa shape index (κ2) is 5.14. The number of ether oxygens (including phenoxy) is 2. The van der Waals surface area contributed by atoms with E-state index in [9.17, 15) is 9.59 Å². The molecule has 104 valence electrons. The summed E-state index contributed by atoms with van der Waals surface area (Å²) in [5.41, 5.74) is -1.49. The third-order valence-corrected chi connectivity index (χ3v) is 3.00. The lowest BCUT2D eigenvalue weighted by molar-refractivity contribution is -0.144. The standard InChI is InChI=1S/C12H21NO5/c1-8(9(14)15)12(5-6-17-7-12)13-10(16)18-11(2,3)4/h8H,5-7H2,1-4H3,(H,13,16)(H,14,15). The molecule has 6 heteroatoms. The minimum atomic E-state index is -0.962. The molecule has 1 amide bonds. The summed E-state index contributed by atoms with van der Waals surface area (Å²) in [6, 6.07) is 0. The smallest absolute Gasteiger partial charge is 0.408 e. The van der Waals surface area contributed by atoms with Crippen molar-refractivity contribution in [1.82, 2.24) is 5.32 Å². The molecule has 0 aliphatic carbocycles. The van der Waals surface area contributed by atoms with Gasteiger partial charge in [-0.15, -0.1) is 0 Å². The number of carboxylic acids is 1. The number of alkyl carbamates (subject to hydrolysis) is 1. The predicted octanol–water partition coefficient (Wildman–Crippen LogP) is 1.39. The fraction of sp³-hybridized carbons (Fsp3) is 0.833. The number of carbonyl (C=O) groups is 2. The lowest BCUT2D eigenvalue weighted by Gasteiger charge is -2.33. The number of aliphatic carboxylic acids is 1. The minimum Gasteiger partial charge on any atom is -0.481 e. The van der Waals surface area contributed by atoms with Crippen molar-refractivity contribution < 1.29 is 24.2 Å². The van der Waals surface area contributed by atoms with Crippen molar-refractivity contribution in [2.75, 3.05) is 13.2 Å². The largest absolute Gasteiger partial charge is 0.481 e. The summed E-state index contributed by atoms with van der Waals surface area (Å²) in [5.74, 6) is -1.69. The summed E-state index contributed by atoms with van der Waals surface area (Å²) in [4.78, 5) is 22.9. The van der Waals surface area contributed by atoms with Crippen LogP contribution in [-0.2, 0) is 14.3 Å². The van der Waals surface area contributed by atoms with Crippen LogP contribution in [0.3, 0.4) is 0 Å². The molecule has 0 aromatic heterocycles. The Bertz CT molecular complexity index is 328. The molecule has 2 N–H and O–H groups in total. The van der Waals surface area contributed by atoms with Crippen molar-refractivity contribution in [2.24, 2.45) is 5.92 Å². The van der Waals surface area contributed by atoms with E-state index in [1.165, 1.54) is 0 Å². The van der Waals surface area contributed by atoms with E-state index in [0.29, 0.717) is 13.0 Å². The maximum atomic E-state index is 11.8.